The molecule has 3 nitrogen and oxygen atoms in total. The van der Waals surface area contributed by atoms with E-state index in [2.05, 4.69) is 0 Å². The number of rotatable bonds is 5. The Morgan fingerprint density at radius 1 is 1.00 bits per heavy atom. The number of benzene rings is 2. The highest BCUT2D eigenvalue weighted by Crippen LogP contribution is 2.40. The predicted molar refractivity (Wildman–Crippen MR) is 98.1 cm³/mol. The second-order valence-corrected chi connectivity index (χ2v) is 7.43. The molecule has 0 aromatic heterocycles. The highest BCUT2D eigenvalue weighted by Gasteiger charge is 2.31. The molecule has 0 saturated heterocycles. The van der Waals surface area contributed by atoms with Crippen molar-refractivity contribution in [2.24, 2.45) is 0 Å². The summed E-state index contributed by atoms with van der Waals surface area (Å²) < 4.78 is 45.1. The van der Waals surface area contributed by atoms with Gasteiger partial charge in [0.15, 0.2) is 0 Å². The van der Waals surface area contributed by atoms with Gasteiger partial charge in [-0.3, -0.25) is 4.79 Å². The Hall–Kier alpha value is -2.50. The third-order valence-electron chi connectivity index (χ3n) is 4.40. The van der Waals surface area contributed by atoms with Crippen molar-refractivity contribution in [1.82, 2.24) is 0 Å². The van der Waals surface area contributed by atoms with E-state index in [4.69, 9.17) is 9.84 Å². The first kappa shape index (κ1) is 20.8. The molecule has 27 heavy (non-hydrogen) atoms. The Morgan fingerprint density at radius 2 is 1.59 bits per heavy atom. The van der Waals surface area contributed by atoms with E-state index in [-0.39, 0.29) is 18.3 Å². The van der Waals surface area contributed by atoms with Gasteiger partial charge in [0.05, 0.1) is 12.7 Å². The Balaban J connectivity index is 2.71. The van der Waals surface area contributed by atoms with Crippen LogP contribution in [0.15, 0.2) is 36.4 Å². The number of carboxylic acid groups (broad SMARTS) is 1. The molecule has 0 radical (unpaired) electrons. The minimum Gasteiger partial charge on any atom is -0.496 e. The van der Waals surface area contributed by atoms with Crippen LogP contribution >= 0.6 is 0 Å². The Kier molecular flexibility index (Phi) is 5.88. The molecule has 6 heteroatoms. The van der Waals surface area contributed by atoms with Crippen LogP contribution in [0.25, 0.3) is 11.1 Å². The molecule has 0 saturated carbocycles. The van der Waals surface area contributed by atoms with E-state index in [9.17, 15) is 18.0 Å². The number of methoxy groups -OCH3 is 1. The molecule has 2 aromatic carbocycles. The molecule has 0 aliphatic heterocycles. The van der Waals surface area contributed by atoms with Crippen LogP contribution < -0.4 is 4.74 Å². The zero-order valence-corrected chi connectivity index (χ0v) is 15.8. The maximum absolute atomic E-state index is 13.3. The predicted octanol–water partition coefficient (Wildman–Crippen LogP) is 5.70. The van der Waals surface area contributed by atoms with Gasteiger partial charge in [-0.15, -0.1) is 0 Å². The number of halogens is 3. The smallest absolute Gasteiger partial charge is 0.416 e. The molecular formula is C21H23F3O3. The third-order valence-corrected chi connectivity index (χ3v) is 4.40. The molecule has 2 aromatic rings. The van der Waals surface area contributed by atoms with Crippen molar-refractivity contribution in [3.63, 3.8) is 0 Å². The average Bonchev–Trinajstić information content (AvgIpc) is 2.57. The number of aryl methyl sites for hydroxylation is 1. The molecule has 0 bridgehead atoms. The van der Waals surface area contributed by atoms with E-state index in [1.54, 1.807) is 6.07 Å². The van der Waals surface area contributed by atoms with Crippen LogP contribution in [-0.4, -0.2) is 18.2 Å². The minimum absolute atomic E-state index is 0.131. The Labute approximate surface area is 156 Å². The lowest BCUT2D eigenvalue weighted by molar-refractivity contribution is -0.138. The molecule has 0 aliphatic carbocycles. The summed E-state index contributed by atoms with van der Waals surface area (Å²) in [7, 11) is 1.46. The normalized spacial score (nSPS) is 12.1. The quantitative estimate of drug-likeness (QED) is 0.724. The van der Waals surface area contributed by atoms with Crippen molar-refractivity contribution in [2.45, 2.75) is 45.2 Å². The summed E-state index contributed by atoms with van der Waals surface area (Å²) in [6.07, 6.45) is -4.53. The first-order chi connectivity index (χ1) is 12.4. The molecule has 0 unspecified atom stereocenters. The van der Waals surface area contributed by atoms with Crippen molar-refractivity contribution in [3.8, 4) is 16.9 Å². The summed E-state index contributed by atoms with van der Waals surface area (Å²) >= 11 is 0. The largest absolute Gasteiger partial charge is 0.496 e. The number of carboxylic acids is 1. The van der Waals surface area contributed by atoms with Crippen LogP contribution in [0.3, 0.4) is 0 Å². The number of hydrogen-bond acceptors (Lipinski definition) is 2. The van der Waals surface area contributed by atoms with E-state index in [0.29, 0.717) is 22.4 Å². The van der Waals surface area contributed by atoms with Gasteiger partial charge in [0.2, 0.25) is 0 Å². The van der Waals surface area contributed by atoms with Crippen molar-refractivity contribution in [2.75, 3.05) is 7.11 Å². The van der Waals surface area contributed by atoms with Gasteiger partial charge in [-0.05, 0) is 52.8 Å². The van der Waals surface area contributed by atoms with Crippen molar-refractivity contribution in [3.05, 3.63) is 53.1 Å². The van der Waals surface area contributed by atoms with Gasteiger partial charge in [0.25, 0.3) is 0 Å². The number of aliphatic carboxylic acids is 1. The highest BCUT2D eigenvalue weighted by atomic mass is 19.4. The van der Waals surface area contributed by atoms with Gasteiger partial charge in [-0.1, -0.05) is 32.9 Å². The van der Waals surface area contributed by atoms with Gasteiger partial charge in [0.1, 0.15) is 5.75 Å². The number of ether oxygens (including phenoxy) is 1. The first-order valence-corrected chi connectivity index (χ1v) is 8.54. The van der Waals surface area contributed by atoms with Crippen LogP contribution in [0, 0.1) is 0 Å². The van der Waals surface area contributed by atoms with Crippen LogP contribution in [-0.2, 0) is 22.8 Å². The van der Waals surface area contributed by atoms with Gasteiger partial charge in [0, 0.05) is 12.0 Å². The third kappa shape index (κ3) is 5.02. The van der Waals surface area contributed by atoms with Crippen LogP contribution in [0.2, 0.25) is 0 Å². The van der Waals surface area contributed by atoms with Gasteiger partial charge < -0.3 is 9.84 Å². The summed E-state index contributed by atoms with van der Waals surface area (Å²) in [5.41, 5.74) is 1.36. The number of carbonyl (C=O) groups is 1. The summed E-state index contributed by atoms with van der Waals surface area (Å²) in [5.74, 6) is -0.560. The maximum atomic E-state index is 13.3. The van der Waals surface area contributed by atoms with E-state index in [0.717, 1.165) is 17.7 Å². The summed E-state index contributed by atoms with van der Waals surface area (Å²) in [6, 6.07) is 8.84. The minimum atomic E-state index is -4.49. The van der Waals surface area contributed by atoms with Crippen molar-refractivity contribution < 1.29 is 27.8 Å². The van der Waals surface area contributed by atoms with E-state index in [1.165, 1.54) is 13.2 Å². The van der Waals surface area contributed by atoms with Gasteiger partial charge >= 0.3 is 12.1 Å². The molecule has 2 rings (SSSR count). The highest BCUT2D eigenvalue weighted by molar-refractivity contribution is 5.76. The molecule has 0 spiro atoms. The van der Waals surface area contributed by atoms with E-state index in [1.807, 2.05) is 32.9 Å². The van der Waals surface area contributed by atoms with Crippen LogP contribution in [0.1, 0.15) is 43.9 Å². The summed E-state index contributed by atoms with van der Waals surface area (Å²) in [5, 5.41) is 8.97. The Morgan fingerprint density at radius 3 is 2.11 bits per heavy atom. The van der Waals surface area contributed by atoms with Crippen LogP contribution in [0.4, 0.5) is 13.2 Å². The topological polar surface area (TPSA) is 46.5 Å². The van der Waals surface area contributed by atoms with Crippen molar-refractivity contribution >= 4 is 5.97 Å². The van der Waals surface area contributed by atoms with Crippen molar-refractivity contribution in [1.29, 1.82) is 0 Å². The lowest BCUT2D eigenvalue weighted by atomic mass is 9.84. The van der Waals surface area contributed by atoms with Gasteiger partial charge in [-0.25, -0.2) is 0 Å². The fourth-order valence-corrected chi connectivity index (χ4v) is 2.85. The average molecular weight is 380 g/mol. The zero-order chi connectivity index (χ0) is 20.4. The number of hydrogen-bond donors (Lipinski definition) is 1. The molecule has 0 heterocycles. The van der Waals surface area contributed by atoms with E-state index < -0.39 is 17.7 Å². The lowest BCUT2D eigenvalue weighted by Gasteiger charge is -2.22. The monoisotopic (exact) mass is 380 g/mol. The molecule has 0 amide bonds. The molecule has 0 atom stereocenters. The molecular weight excluding hydrogens is 357 g/mol. The van der Waals surface area contributed by atoms with E-state index >= 15 is 0 Å². The lowest BCUT2D eigenvalue weighted by Crippen LogP contribution is -2.11. The standard InChI is InChI=1S/C21H23F3O3/c1-20(2,3)14-8-9-18(27-4)17(11-14)16-12-15(21(22,23)24)7-5-13(16)6-10-19(25)26/h5,7-9,11-12H,6,10H2,1-4H3,(H,25,26). The zero-order valence-electron chi connectivity index (χ0n) is 15.8. The van der Waals surface area contributed by atoms with Crippen LogP contribution in [0.5, 0.6) is 5.75 Å². The molecule has 146 valence electrons. The Bertz CT molecular complexity index is 834. The second-order valence-electron chi connectivity index (χ2n) is 7.43. The molecule has 0 aliphatic rings. The summed E-state index contributed by atoms with van der Waals surface area (Å²) in [4.78, 5) is 11.0. The SMILES string of the molecule is COc1ccc(C(C)(C)C)cc1-c1cc(C(F)(F)F)ccc1CCC(=O)O. The molecule has 0 fully saturated rings. The van der Waals surface area contributed by atoms with Gasteiger partial charge in [-0.2, -0.15) is 13.2 Å². The first-order valence-electron chi connectivity index (χ1n) is 8.54. The molecule has 1 N–H and O–H groups in total. The fraction of sp³-hybridized carbons (Fsp3) is 0.381. The maximum Gasteiger partial charge on any atom is 0.416 e. The number of alkyl halides is 3. The summed E-state index contributed by atoms with van der Waals surface area (Å²) in [6.45, 7) is 6.03. The second kappa shape index (κ2) is 7.62. The fourth-order valence-electron chi connectivity index (χ4n) is 2.85.